The highest BCUT2D eigenvalue weighted by atomic mass is 32.2. The number of halogens is 6. The number of anilines is 10. The summed E-state index contributed by atoms with van der Waals surface area (Å²) in [5.41, 5.74) is 10.1. The summed E-state index contributed by atoms with van der Waals surface area (Å²) in [6.07, 6.45) is 0.0355. The molecule has 0 aromatic heterocycles. The van der Waals surface area contributed by atoms with Crippen LogP contribution in [0.15, 0.2) is 272 Å². The number of nitrogens with zero attached hydrogens (tertiary/aromatic N) is 10. The molecule has 0 N–H and O–H groups in total. The highest BCUT2D eigenvalue weighted by Gasteiger charge is 2.37. The van der Waals surface area contributed by atoms with Crippen LogP contribution in [0.4, 0.5) is 83.2 Å². The molecule has 6 heterocycles. The predicted molar refractivity (Wildman–Crippen MR) is 494 cm³/mol. The lowest BCUT2D eigenvalue weighted by atomic mass is 9.99. The van der Waals surface area contributed by atoms with Crippen LogP contribution in [0, 0.1) is 5.92 Å². The second kappa shape index (κ2) is 40.7. The molecule has 3 unspecified atom stereocenters. The Morgan fingerprint density at radius 1 is 0.446 bits per heavy atom. The molecule has 3 atom stereocenters. The third-order valence-corrected chi connectivity index (χ3v) is 29.0. The second-order valence-electron chi connectivity index (χ2n) is 33.3. The van der Waals surface area contributed by atoms with E-state index < -0.39 is 33.3 Å². The molecule has 10 aromatic rings. The van der Waals surface area contributed by atoms with Gasteiger partial charge in [-0.3, -0.25) is 4.79 Å². The maximum Gasteiger partial charge on any atom is 0.416 e. The normalized spacial score (nSPS) is 15.6. The van der Waals surface area contributed by atoms with Crippen molar-refractivity contribution in [1.29, 1.82) is 0 Å². The Labute approximate surface area is 734 Å². The number of quaternary nitrogens is 1. The third kappa shape index (κ3) is 23.5. The van der Waals surface area contributed by atoms with Gasteiger partial charge in [-0.1, -0.05) is 158 Å². The van der Waals surface area contributed by atoms with Crippen molar-refractivity contribution in [2.75, 3.05) is 160 Å². The molecule has 16 rings (SSSR count). The Bertz CT molecular complexity index is 5290. The number of alkyl halides is 6. The average molecular weight is 1760 g/mol. The van der Waals surface area contributed by atoms with Gasteiger partial charge in [0.1, 0.15) is 6.04 Å². The first kappa shape index (κ1) is 92.1. The van der Waals surface area contributed by atoms with E-state index >= 15 is 0 Å². The first-order valence-electron chi connectivity index (χ1n) is 41.3. The number of carbonyl (C=O) groups excluding carboxylic acids is 1. The van der Waals surface area contributed by atoms with Crippen LogP contribution in [0.2, 0.25) is 0 Å². The lowest BCUT2D eigenvalue weighted by Gasteiger charge is -2.39. The SMILES string of the molecule is CC(CN(C)C)CN1c2ccccc2Sc2ccc(C(F)(F)F)cc21.CC(CN1c2ccccc2Sc2ccccc21)[N+](C)(C)C.CCC(=O)c1ccc2c(c1)N(CCCN(C)C)c1ccccc1S2.CN(C)CCCN1c2ccccc2Sc2ccc(C(F)(F)F)cc21.CN1CCCCC1CCN1c2ccccc2Sc2ccc(S(C)(=O)=O)cc21. The van der Waals surface area contributed by atoms with Crippen molar-refractivity contribution >= 4 is 131 Å². The smallest absolute Gasteiger partial charge is 0.340 e. The van der Waals surface area contributed by atoms with Crippen molar-refractivity contribution in [3.63, 3.8) is 0 Å². The fourth-order valence-corrected chi connectivity index (χ4v) is 21.6. The van der Waals surface area contributed by atoms with E-state index in [9.17, 15) is 39.6 Å². The number of hydrogen-bond acceptors (Lipinski definition) is 17. The number of benzene rings is 10. The van der Waals surface area contributed by atoms with Crippen molar-refractivity contribution in [2.45, 2.75) is 144 Å². The number of rotatable bonds is 21. The standard InChI is InChI=1S/C21H26N2O2S2.C20H24N2OS.C19H21F3N2S.C18H19F3N2S.C18H23N2S/c1-22-13-6-5-7-16(22)12-14-23-18-8-3-4-9-20(18)26-21-11-10-17(15-19(21)23)27(2,24)25;1-4-18(23)15-10-11-20-17(14-15)22(13-7-12-21(2)3)16-8-5-6-9-19(16)24-20;1-13(11-23(2)3)12-24-15-6-4-5-7-17(15)25-18-9-8-14(10-16(18)24)19(20,21)22;1-22(2)10-5-11-23-14-6-3-4-7-16(14)24-17-9-8-13(12-15(17)23)18(19,20)21;1-14(20(2,3)4)13-19-15-9-5-7-11-17(15)21-18-12-8-6-10-16(18)19/h3-4,8-11,15-16H,5-7,12-14H2,1-2H3;5-6,8-11,14H,4,7,12-13H2,1-3H3;4-10,13H,11-12H2,1-3H3;3-4,6-9,12H,5,10-11H2,1-2H3;5-12,14H,13H2,1-4H3/q;;;;+1. The van der Waals surface area contributed by atoms with E-state index in [4.69, 9.17) is 0 Å². The van der Waals surface area contributed by atoms with E-state index in [2.05, 4.69) is 200 Å². The summed E-state index contributed by atoms with van der Waals surface area (Å²) in [6.45, 7) is 14.6. The molecule has 0 saturated carbocycles. The van der Waals surface area contributed by atoms with E-state index in [1.807, 2.05) is 123 Å². The molecule has 0 bridgehead atoms. The highest BCUT2D eigenvalue weighted by molar-refractivity contribution is 8.00. The number of likely N-dealkylation sites (N-methyl/N-ethyl adjacent to an activating group) is 1. The van der Waals surface area contributed by atoms with Crippen molar-refractivity contribution in [3.8, 4) is 0 Å². The van der Waals surface area contributed by atoms with Gasteiger partial charge in [0.25, 0.3) is 0 Å². The fraction of sp³-hybridized carbons (Fsp3) is 0.365. The van der Waals surface area contributed by atoms with Gasteiger partial charge in [-0.15, -0.1) is 0 Å². The zero-order valence-corrected chi connectivity index (χ0v) is 76.6. The Morgan fingerprint density at radius 2 is 0.793 bits per heavy atom. The first-order valence-corrected chi connectivity index (χ1v) is 47.3. The van der Waals surface area contributed by atoms with Gasteiger partial charge in [0.15, 0.2) is 15.6 Å². The van der Waals surface area contributed by atoms with Gasteiger partial charge in [0.2, 0.25) is 0 Å². The number of sulfone groups is 1. The minimum absolute atomic E-state index is 0.204. The Kier molecular flexibility index (Phi) is 31.0. The number of likely N-dealkylation sites (tertiary alicyclic amines) is 1. The van der Waals surface area contributed by atoms with Crippen molar-refractivity contribution in [3.05, 3.63) is 235 Å². The minimum Gasteiger partial charge on any atom is -0.340 e. The van der Waals surface area contributed by atoms with Gasteiger partial charge in [-0.2, -0.15) is 26.3 Å². The van der Waals surface area contributed by atoms with E-state index in [1.165, 1.54) is 121 Å². The zero-order valence-electron chi connectivity index (χ0n) is 71.7. The van der Waals surface area contributed by atoms with Crippen LogP contribution in [0.5, 0.6) is 0 Å². The van der Waals surface area contributed by atoms with Crippen LogP contribution in [-0.4, -0.2) is 186 Å². The molecule has 1 fully saturated rings. The molecule has 13 nitrogen and oxygen atoms in total. The van der Waals surface area contributed by atoms with Gasteiger partial charge in [0.05, 0.1) is 101 Å². The van der Waals surface area contributed by atoms with Gasteiger partial charge >= 0.3 is 12.4 Å². The second-order valence-corrected chi connectivity index (χ2v) is 40.7. The summed E-state index contributed by atoms with van der Waals surface area (Å²) >= 11 is 8.44. The zero-order chi connectivity index (χ0) is 86.7. The predicted octanol–water partition coefficient (Wildman–Crippen LogP) is 24.6. The highest BCUT2D eigenvalue weighted by Crippen LogP contribution is 2.55. The molecular weight excluding hydrogens is 1650 g/mol. The van der Waals surface area contributed by atoms with Crippen LogP contribution in [0.3, 0.4) is 0 Å². The summed E-state index contributed by atoms with van der Waals surface area (Å²) in [6, 6.07) is 71.0. The number of carbonyl (C=O) groups is 1. The number of Topliss-reactive ketones (excluding diaryl/α,β-unsaturated/α-hetero) is 1. The molecule has 642 valence electrons. The maximum atomic E-state index is 13.2. The van der Waals surface area contributed by atoms with Gasteiger partial charge < -0.3 is 48.6 Å². The van der Waals surface area contributed by atoms with Crippen LogP contribution >= 0.6 is 58.8 Å². The molecule has 6 aliphatic rings. The summed E-state index contributed by atoms with van der Waals surface area (Å²) in [5.74, 6) is 0.517. The van der Waals surface area contributed by atoms with Crippen LogP contribution < -0.4 is 24.5 Å². The molecular formula is C96H113F6N10O3S6+. The van der Waals surface area contributed by atoms with Crippen LogP contribution in [0.25, 0.3) is 0 Å². The third-order valence-electron chi connectivity index (χ3n) is 22.3. The summed E-state index contributed by atoms with van der Waals surface area (Å²) in [4.78, 5) is 44.0. The number of fused-ring (bicyclic) bond motifs is 10. The number of para-hydroxylation sites is 6. The topological polar surface area (TPSA) is 80.4 Å². The molecule has 6 aliphatic heterocycles. The summed E-state index contributed by atoms with van der Waals surface area (Å²) in [7, 11) is 18.0. The Morgan fingerprint density at radius 3 is 1.17 bits per heavy atom. The van der Waals surface area contributed by atoms with Crippen molar-refractivity contribution < 1.29 is 44.0 Å². The average Bonchev–Trinajstić information content (AvgIpc) is 0.774. The largest absolute Gasteiger partial charge is 0.416 e. The minimum atomic E-state index is -4.34. The van der Waals surface area contributed by atoms with Gasteiger partial charge in [-0.05, 0) is 253 Å². The number of hydrogen-bond donors (Lipinski definition) is 0. The molecule has 121 heavy (non-hydrogen) atoms. The Hall–Kier alpha value is -8.05. The quantitative estimate of drug-likeness (QED) is 0.0389. The van der Waals surface area contributed by atoms with Crippen LogP contribution in [0.1, 0.15) is 87.2 Å². The Balaban J connectivity index is 0.000000139. The summed E-state index contributed by atoms with van der Waals surface area (Å²) < 4.78 is 104. The van der Waals surface area contributed by atoms with Crippen molar-refractivity contribution in [2.24, 2.45) is 5.92 Å². The van der Waals surface area contributed by atoms with E-state index in [1.54, 1.807) is 41.7 Å². The lowest BCUT2D eigenvalue weighted by molar-refractivity contribution is -0.892. The van der Waals surface area contributed by atoms with E-state index in [0.29, 0.717) is 53.8 Å². The molecule has 0 amide bonds. The molecule has 1 saturated heterocycles. The van der Waals surface area contributed by atoms with E-state index in [0.717, 1.165) is 122 Å². The molecule has 0 aliphatic carbocycles. The maximum absolute atomic E-state index is 13.2. The first-order chi connectivity index (χ1) is 57.6. The van der Waals surface area contributed by atoms with Gasteiger partial charge in [-0.25, -0.2) is 8.42 Å². The monoisotopic (exact) mass is 1760 g/mol. The number of piperidine rings is 1. The fourth-order valence-electron chi connectivity index (χ4n) is 15.5. The summed E-state index contributed by atoms with van der Waals surface area (Å²) in [5, 5.41) is 0. The molecule has 10 aromatic carbocycles. The van der Waals surface area contributed by atoms with E-state index in [-0.39, 0.29) is 5.78 Å². The van der Waals surface area contributed by atoms with Gasteiger partial charge in [0, 0.05) is 106 Å². The molecule has 25 heteroatoms. The molecule has 0 radical (unpaired) electrons. The number of ketones is 1. The van der Waals surface area contributed by atoms with Crippen molar-refractivity contribution in [1.82, 2.24) is 19.6 Å². The lowest BCUT2D eigenvalue weighted by Crippen LogP contribution is -2.49. The van der Waals surface area contributed by atoms with Crippen LogP contribution in [-0.2, 0) is 22.2 Å². The molecule has 0 spiro atoms.